The molecule has 0 bridgehead atoms. The van der Waals surface area contributed by atoms with E-state index in [1.54, 1.807) is 7.11 Å². The number of nitrogens with one attached hydrogen (secondary N) is 1. The third-order valence-electron chi connectivity index (χ3n) is 3.71. The molecule has 21 heavy (non-hydrogen) atoms. The van der Waals surface area contributed by atoms with Crippen LogP contribution in [0.3, 0.4) is 0 Å². The quantitative estimate of drug-likeness (QED) is 0.762. The van der Waals surface area contributed by atoms with Crippen molar-refractivity contribution >= 4 is 27.3 Å². The first kappa shape index (κ1) is 16.5. The highest BCUT2D eigenvalue weighted by atomic mass is 79.9. The first-order chi connectivity index (χ1) is 9.94. The summed E-state index contributed by atoms with van der Waals surface area (Å²) in [4.78, 5) is 1.41. The van der Waals surface area contributed by atoms with Crippen molar-refractivity contribution in [2.24, 2.45) is 0 Å². The summed E-state index contributed by atoms with van der Waals surface area (Å²) < 4.78 is 6.27. The second-order valence-electron chi connectivity index (χ2n) is 5.86. The van der Waals surface area contributed by atoms with Crippen molar-refractivity contribution in [3.63, 3.8) is 0 Å². The van der Waals surface area contributed by atoms with Gasteiger partial charge in [0.2, 0.25) is 0 Å². The van der Waals surface area contributed by atoms with Gasteiger partial charge in [0, 0.05) is 22.9 Å². The average molecular weight is 368 g/mol. The lowest BCUT2D eigenvalue weighted by atomic mass is 9.91. The SMILES string of the molecule is COc1ccc(C(C)NCC(C)(C)c2cccs2)cc1Br. The second-order valence-corrected chi connectivity index (χ2v) is 7.66. The van der Waals surface area contributed by atoms with Crippen molar-refractivity contribution in [1.29, 1.82) is 0 Å². The Hall–Kier alpha value is -0.840. The molecule has 0 saturated heterocycles. The topological polar surface area (TPSA) is 21.3 Å². The molecule has 1 unspecified atom stereocenters. The summed E-state index contributed by atoms with van der Waals surface area (Å²) in [5, 5.41) is 5.78. The normalized spacial score (nSPS) is 13.2. The molecule has 0 spiro atoms. The number of hydrogen-bond acceptors (Lipinski definition) is 3. The zero-order chi connectivity index (χ0) is 15.5. The lowest BCUT2D eigenvalue weighted by molar-refractivity contribution is 0.411. The van der Waals surface area contributed by atoms with Crippen molar-refractivity contribution in [1.82, 2.24) is 5.32 Å². The maximum atomic E-state index is 5.28. The number of thiophene rings is 1. The van der Waals surface area contributed by atoms with Gasteiger partial charge in [0.1, 0.15) is 5.75 Å². The van der Waals surface area contributed by atoms with Crippen molar-refractivity contribution in [3.8, 4) is 5.75 Å². The fourth-order valence-corrected chi connectivity index (χ4v) is 3.64. The maximum absolute atomic E-state index is 5.28. The fourth-order valence-electron chi connectivity index (χ4n) is 2.23. The van der Waals surface area contributed by atoms with Gasteiger partial charge in [-0.25, -0.2) is 0 Å². The van der Waals surface area contributed by atoms with Gasteiger partial charge in [-0.05, 0) is 52.0 Å². The van der Waals surface area contributed by atoms with E-state index >= 15 is 0 Å². The van der Waals surface area contributed by atoms with Crippen LogP contribution in [0, 0.1) is 0 Å². The van der Waals surface area contributed by atoms with Gasteiger partial charge < -0.3 is 10.1 Å². The minimum Gasteiger partial charge on any atom is -0.496 e. The number of benzene rings is 1. The Morgan fingerprint density at radius 2 is 2.10 bits per heavy atom. The average Bonchev–Trinajstić information content (AvgIpc) is 2.99. The van der Waals surface area contributed by atoms with Crippen LogP contribution in [0.2, 0.25) is 0 Å². The molecule has 1 heterocycles. The molecule has 2 rings (SSSR count). The van der Waals surface area contributed by atoms with Crippen molar-refractivity contribution in [3.05, 3.63) is 50.6 Å². The van der Waals surface area contributed by atoms with Crippen LogP contribution < -0.4 is 10.1 Å². The van der Waals surface area contributed by atoms with Crippen LogP contribution in [-0.2, 0) is 5.41 Å². The molecule has 1 N–H and O–H groups in total. The van der Waals surface area contributed by atoms with Gasteiger partial charge in [0.15, 0.2) is 0 Å². The summed E-state index contributed by atoms with van der Waals surface area (Å²) in [5.74, 6) is 0.866. The van der Waals surface area contributed by atoms with Crippen LogP contribution in [-0.4, -0.2) is 13.7 Å². The molecule has 114 valence electrons. The Morgan fingerprint density at radius 1 is 1.33 bits per heavy atom. The number of halogens is 1. The molecule has 0 amide bonds. The van der Waals surface area contributed by atoms with Crippen molar-refractivity contribution < 1.29 is 4.74 Å². The largest absolute Gasteiger partial charge is 0.496 e. The summed E-state index contributed by atoms with van der Waals surface area (Å²) >= 11 is 5.37. The first-order valence-corrected chi connectivity index (χ1v) is 8.72. The first-order valence-electron chi connectivity index (χ1n) is 7.05. The Bertz CT molecular complexity index is 580. The fraction of sp³-hybridized carbons (Fsp3) is 0.412. The van der Waals surface area contributed by atoms with E-state index < -0.39 is 0 Å². The third kappa shape index (κ3) is 4.09. The second kappa shape index (κ2) is 6.95. The molecule has 0 aliphatic heterocycles. The van der Waals surface area contributed by atoms with E-state index in [0.29, 0.717) is 6.04 Å². The Morgan fingerprint density at radius 3 is 2.67 bits per heavy atom. The lowest BCUT2D eigenvalue weighted by Gasteiger charge is -2.26. The smallest absolute Gasteiger partial charge is 0.133 e. The van der Waals surface area contributed by atoms with Gasteiger partial charge in [-0.1, -0.05) is 26.0 Å². The molecule has 1 aromatic carbocycles. The monoisotopic (exact) mass is 367 g/mol. The Balaban J connectivity index is 2.01. The molecule has 4 heteroatoms. The number of rotatable bonds is 6. The van der Waals surface area contributed by atoms with Gasteiger partial charge in [0.25, 0.3) is 0 Å². The molecule has 0 fully saturated rings. The van der Waals surface area contributed by atoms with Gasteiger partial charge in [-0.15, -0.1) is 11.3 Å². The summed E-state index contributed by atoms with van der Waals surface area (Å²) in [5.41, 5.74) is 1.40. The highest BCUT2D eigenvalue weighted by Gasteiger charge is 2.22. The third-order valence-corrected chi connectivity index (χ3v) is 5.57. The van der Waals surface area contributed by atoms with E-state index in [4.69, 9.17) is 4.74 Å². The van der Waals surface area contributed by atoms with Crippen molar-refractivity contribution in [2.75, 3.05) is 13.7 Å². The number of hydrogen-bond donors (Lipinski definition) is 1. The highest BCUT2D eigenvalue weighted by molar-refractivity contribution is 9.10. The van der Waals surface area contributed by atoms with E-state index in [0.717, 1.165) is 16.8 Å². The van der Waals surface area contributed by atoms with Gasteiger partial charge in [-0.2, -0.15) is 0 Å². The molecule has 0 aliphatic rings. The standard InChI is InChI=1S/C17H22BrNOS/c1-12(13-7-8-15(20-4)14(18)10-13)19-11-17(2,3)16-6-5-9-21-16/h5-10,12,19H,11H2,1-4H3. The lowest BCUT2D eigenvalue weighted by Crippen LogP contribution is -2.33. The van der Waals surface area contributed by atoms with Gasteiger partial charge in [0.05, 0.1) is 11.6 Å². The maximum Gasteiger partial charge on any atom is 0.133 e. The summed E-state index contributed by atoms with van der Waals surface area (Å²) in [6.45, 7) is 7.70. The predicted molar refractivity (Wildman–Crippen MR) is 94.5 cm³/mol. The van der Waals surface area contributed by atoms with Crippen LogP contribution in [0.5, 0.6) is 5.75 Å². The Kier molecular flexibility index (Phi) is 5.47. The van der Waals surface area contributed by atoms with E-state index in [1.807, 2.05) is 17.4 Å². The summed E-state index contributed by atoms with van der Waals surface area (Å²) in [7, 11) is 1.69. The molecule has 0 radical (unpaired) electrons. The molecule has 2 aromatic rings. The number of methoxy groups -OCH3 is 1. The van der Waals surface area contributed by atoms with Gasteiger partial charge in [-0.3, -0.25) is 0 Å². The minimum atomic E-state index is 0.145. The van der Waals surface area contributed by atoms with Crippen molar-refractivity contribution in [2.45, 2.75) is 32.2 Å². The van der Waals surface area contributed by atoms with Crippen LogP contribution >= 0.6 is 27.3 Å². The highest BCUT2D eigenvalue weighted by Crippen LogP contribution is 2.30. The van der Waals surface area contributed by atoms with Crippen LogP contribution in [0.15, 0.2) is 40.2 Å². The molecule has 1 atom stereocenters. The van der Waals surface area contributed by atoms with E-state index in [2.05, 4.69) is 71.7 Å². The number of ether oxygens (including phenoxy) is 1. The molecule has 0 aliphatic carbocycles. The van der Waals surface area contributed by atoms with Crippen LogP contribution in [0.25, 0.3) is 0 Å². The Labute approximate surface area is 139 Å². The van der Waals surface area contributed by atoms with Gasteiger partial charge >= 0.3 is 0 Å². The minimum absolute atomic E-state index is 0.145. The molecule has 1 aromatic heterocycles. The van der Waals surface area contributed by atoms with Crippen LogP contribution in [0.1, 0.15) is 37.3 Å². The molecule has 0 saturated carbocycles. The van der Waals surface area contributed by atoms with E-state index in [9.17, 15) is 0 Å². The molecular formula is C17H22BrNOS. The summed E-state index contributed by atoms with van der Waals surface area (Å²) in [6, 6.07) is 10.9. The van der Waals surface area contributed by atoms with E-state index in [1.165, 1.54) is 10.4 Å². The zero-order valence-corrected chi connectivity index (χ0v) is 15.3. The molecular weight excluding hydrogens is 346 g/mol. The predicted octanol–water partition coefficient (Wildman–Crippen LogP) is 5.15. The van der Waals surface area contributed by atoms with E-state index in [-0.39, 0.29) is 5.41 Å². The molecule has 2 nitrogen and oxygen atoms in total. The van der Waals surface area contributed by atoms with Crippen LogP contribution in [0.4, 0.5) is 0 Å². The summed E-state index contributed by atoms with van der Waals surface area (Å²) in [6.07, 6.45) is 0. The zero-order valence-electron chi connectivity index (χ0n) is 12.9.